The normalized spacial score (nSPS) is 10.3. The Morgan fingerprint density at radius 2 is 2.00 bits per heavy atom. The Bertz CT molecular complexity index is 596. The van der Waals surface area contributed by atoms with E-state index in [-0.39, 0.29) is 5.56 Å². The summed E-state index contributed by atoms with van der Waals surface area (Å²) in [6, 6.07) is 11.1. The van der Waals surface area contributed by atoms with Gasteiger partial charge in [0.1, 0.15) is 0 Å². The van der Waals surface area contributed by atoms with Crippen LogP contribution in [0.15, 0.2) is 56.3 Å². The zero-order valence-corrected chi connectivity index (χ0v) is 12.7. The third-order valence-electron chi connectivity index (χ3n) is 2.50. The summed E-state index contributed by atoms with van der Waals surface area (Å²) < 4.78 is 3.70. The monoisotopic (exact) mass is 370 g/mol. The molecule has 1 aromatic heterocycles. The van der Waals surface area contributed by atoms with Crippen LogP contribution < -0.4 is 10.9 Å². The molecule has 5 heteroatoms. The van der Waals surface area contributed by atoms with Crippen molar-refractivity contribution in [3.8, 4) is 0 Å². The maximum absolute atomic E-state index is 11.5. The Labute approximate surface area is 122 Å². The first kappa shape index (κ1) is 13.4. The fourth-order valence-electron chi connectivity index (χ4n) is 1.59. The Kier molecular flexibility index (Phi) is 4.60. The van der Waals surface area contributed by atoms with Gasteiger partial charge in [-0.15, -0.1) is 0 Å². The Balaban J connectivity index is 1.99. The van der Waals surface area contributed by atoms with Gasteiger partial charge in [0.2, 0.25) is 0 Å². The minimum Gasteiger partial charge on any atom is -0.382 e. The van der Waals surface area contributed by atoms with Gasteiger partial charge >= 0.3 is 0 Å². The first-order valence-corrected chi connectivity index (χ1v) is 7.10. The highest BCUT2D eigenvalue weighted by atomic mass is 79.9. The molecule has 18 heavy (non-hydrogen) atoms. The van der Waals surface area contributed by atoms with Crippen LogP contribution in [-0.4, -0.2) is 11.1 Å². The molecule has 94 valence electrons. The van der Waals surface area contributed by atoms with Gasteiger partial charge in [-0.25, -0.2) is 0 Å². The molecule has 1 aromatic carbocycles. The lowest BCUT2D eigenvalue weighted by Crippen LogP contribution is -2.22. The number of rotatable bonds is 4. The third-order valence-corrected chi connectivity index (χ3v) is 3.68. The number of nitrogens with one attached hydrogen (secondary N) is 1. The third kappa shape index (κ3) is 3.46. The summed E-state index contributed by atoms with van der Waals surface area (Å²) in [6.45, 7) is 1.33. The van der Waals surface area contributed by atoms with Gasteiger partial charge in [0, 0.05) is 40.0 Å². The number of anilines is 1. The molecule has 0 bridgehead atoms. The van der Waals surface area contributed by atoms with Gasteiger partial charge in [-0.1, -0.05) is 22.0 Å². The first-order valence-electron chi connectivity index (χ1n) is 5.51. The van der Waals surface area contributed by atoms with E-state index in [9.17, 15) is 4.79 Å². The van der Waals surface area contributed by atoms with Crippen LogP contribution in [0.25, 0.3) is 0 Å². The summed E-state index contributed by atoms with van der Waals surface area (Å²) in [5, 5.41) is 3.29. The van der Waals surface area contributed by atoms with E-state index >= 15 is 0 Å². The van der Waals surface area contributed by atoms with Gasteiger partial charge in [0.15, 0.2) is 0 Å². The summed E-state index contributed by atoms with van der Waals surface area (Å²) in [6.07, 6.45) is 1.79. The molecule has 3 nitrogen and oxygen atoms in total. The molecule has 1 heterocycles. The van der Waals surface area contributed by atoms with Crippen LogP contribution in [0.1, 0.15) is 0 Å². The number of aromatic nitrogens is 1. The van der Waals surface area contributed by atoms with E-state index in [4.69, 9.17) is 0 Å². The highest BCUT2D eigenvalue weighted by Crippen LogP contribution is 2.25. The lowest BCUT2D eigenvalue weighted by Gasteiger charge is -2.10. The maximum atomic E-state index is 11.5. The van der Waals surface area contributed by atoms with Crippen LogP contribution in [0, 0.1) is 0 Å². The fourth-order valence-corrected chi connectivity index (χ4v) is 2.34. The van der Waals surface area contributed by atoms with E-state index in [2.05, 4.69) is 37.2 Å². The van der Waals surface area contributed by atoms with Crippen LogP contribution in [0.3, 0.4) is 0 Å². The second kappa shape index (κ2) is 6.20. The lowest BCUT2D eigenvalue weighted by atomic mass is 10.3. The minimum atomic E-state index is 0.0209. The highest BCUT2D eigenvalue weighted by molar-refractivity contribution is 9.11. The number of pyridine rings is 1. The van der Waals surface area contributed by atoms with E-state index in [1.54, 1.807) is 22.9 Å². The number of hydrogen-bond acceptors (Lipinski definition) is 2. The molecule has 0 amide bonds. The molecule has 0 fully saturated rings. The molecule has 0 radical (unpaired) electrons. The van der Waals surface area contributed by atoms with Crippen molar-refractivity contribution in [2.24, 2.45) is 0 Å². The number of halogens is 2. The molecule has 0 saturated heterocycles. The zero-order valence-electron chi connectivity index (χ0n) is 9.57. The lowest BCUT2D eigenvalue weighted by molar-refractivity contribution is 0.697. The molecule has 1 N–H and O–H groups in total. The molecule has 2 rings (SSSR count). The standard InChI is InChI=1S/C13H12Br2N2O/c14-10-4-5-11(15)12(9-10)16-6-8-17-7-2-1-3-13(17)18/h1-5,7,9,16H,6,8H2. The molecular formula is C13H12Br2N2O. The van der Waals surface area contributed by atoms with Gasteiger partial charge in [-0.2, -0.15) is 0 Å². The van der Waals surface area contributed by atoms with Crippen molar-refractivity contribution in [1.82, 2.24) is 4.57 Å². The van der Waals surface area contributed by atoms with E-state index in [1.807, 2.05) is 24.3 Å². The number of nitrogens with zero attached hydrogens (tertiary/aromatic N) is 1. The van der Waals surface area contributed by atoms with Gasteiger partial charge in [0.05, 0.1) is 0 Å². The molecule has 0 unspecified atom stereocenters. The molecule has 0 saturated carbocycles. The number of benzene rings is 1. The van der Waals surface area contributed by atoms with Gasteiger partial charge in [0.25, 0.3) is 5.56 Å². The molecule has 0 aliphatic carbocycles. The Hall–Kier alpha value is -1.07. The van der Waals surface area contributed by atoms with Crippen molar-refractivity contribution >= 4 is 37.5 Å². The number of hydrogen-bond donors (Lipinski definition) is 1. The molecule has 0 aliphatic heterocycles. The van der Waals surface area contributed by atoms with E-state index < -0.39 is 0 Å². The predicted molar refractivity (Wildman–Crippen MR) is 81.0 cm³/mol. The smallest absolute Gasteiger partial charge is 0.250 e. The first-order chi connectivity index (χ1) is 8.66. The topological polar surface area (TPSA) is 34.0 Å². The maximum Gasteiger partial charge on any atom is 0.250 e. The minimum absolute atomic E-state index is 0.0209. The zero-order chi connectivity index (χ0) is 13.0. The van der Waals surface area contributed by atoms with Crippen LogP contribution >= 0.6 is 31.9 Å². The molecule has 0 atom stereocenters. The van der Waals surface area contributed by atoms with Crippen molar-refractivity contribution in [2.45, 2.75) is 6.54 Å². The van der Waals surface area contributed by atoms with Crippen LogP contribution in [0.4, 0.5) is 5.69 Å². The quantitative estimate of drug-likeness (QED) is 0.892. The van der Waals surface area contributed by atoms with Crippen LogP contribution in [-0.2, 0) is 6.54 Å². The summed E-state index contributed by atoms with van der Waals surface area (Å²) >= 11 is 6.91. The molecular weight excluding hydrogens is 360 g/mol. The van der Waals surface area contributed by atoms with Crippen molar-refractivity contribution < 1.29 is 0 Å². The Morgan fingerprint density at radius 3 is 2.78 bits per heavy atom. The second-order valence-corrected chi connectivity index (χ2v) is 5.55. The molecule has 0 spiro atoms. The van der Waals surface area contributed by atoms with Crippen molar-refractivity contribution in [3.63, 3.8) is 0 Å². The van der Waals surface area contributed by atoms with Crippen molar-refractivity contribution in [2.75, 3.05) is 11.9 Å². The largest absolute Gasteiger partial charge is 0.382 e. The van der Waals surface area contributed by atoms with Crippen LogP contribution in [0.2, 0.25) is 0 Å². The van der Waals surface area contributed by atoms with E-state index in [0.717, 1.165) is 14.6 Å². The van der Waals surface area contributed by atoms with E-state index in [0.29, 0.717) is 13.1 Å². The summed E-state index contributed by atoms with van der Waals surface area (Å²) in [5.74, 6) is 0. The van der Waals surface area contributed by atoms with Crippen molar-refractivity contribution in [1.29, 1.82) is 0 Å². The van der Waals surface area contributed by atoms with Gasteiger partial charge in [-0.3, -0.25) is 4.79 Å². The summed E-state index contributed by atoms with van der Waals surface area (Å²) in [7, 11) is 0. The van der Waals surface area contributed by atoms with Gasteiger partial charge < -0.3 is 9.88 Å². The summed E-state index contributed by atoms with van der Waals surface area (Å²) in [4.78, 5) is 11.5. The van der Waals surface area contributed by atoms with Crippen molar-refractivity contribution in [3.05, 3.63) is 61.9 Å². The Morgan fingerprint density at radius 1 is 1.17 bits per heavy atom. The SMILES string of the molecule is O=c1ccccn1CCNc1cc(Br)ccc1Br. The average molecular weight is 372 g/mol. The van der Waals surface area contributed by atoms with Crippen LogP contribution in [0.5, 0.6) is 0 Å². The van der Waals surface area contributed by atoms with Gasteiger partial charge in [-0.05, 0) is 40.2 Å². The fraction of sp³-hybridized carbons (Fsp3) is 0.154. The molecule has 2 aromatic rings. The second-order valence-electron chi connectivity index (χ2n) is 3.78. The molecule has 0 aliphatic rings. The average Bonchev–Trinajstić information content (AvgIpc) is 2.36. The predicted octanol–water partition coefficient (Wildman–Crippen LogP) is 3.49. The summed E-state index contributed by atoms with van der Waals surface area (Å²) in [5.41, 5.74) is 1.03. The highest BCUT2D eigenvalue weighted by Gasteiger charge is 2.00. The van der Waals surface area contributed by atoms with E-state index in [1.165, 1.54) is 0 Å².